The summed E-state index contributed by atoms with van der Waals surface area (Å²) in [6, 6.07) is 12.8. The van der Waals surface area contributed by atoms with Crippen molar-refractivity contribution < 1.29 is 28.2 Å². The van der Waals surface area contributed by atoms with E-state index in [2.05, 4.69) is 51.1 Å². The van der Waals surface area contributed by atoms with Gasteiger partial charge in [-0.15, -0.1) is 28.0 Å². The largest absolute Gasteiger partial charge is 0.490 e. The lowest BCUT2D eigenvalue weighted by Crippen LogP contribution is -2.34. The van der Waals surface area contributed by atoms with E-state index in [-0.39, 0.29) is 38.4 Å². The van der Waals surface area contributed by atoms with Crippen molar-refractivity contribution in [1.82, 2.24) is 25.3 Å². The molecule has 2 aromatic carbocycles. The topological polar surface area (TPSA) is 106 Å². The summed E-state index contributed by atoms with van der Waals surface area (Å²) in [6.07, 6.45) is 7.35. The molecule has 2 aromatic heterocycles. The van der Waals surface area contributed by atoms with Gasteiger partial charge in [-0.2, -0.15) is 0 Å². The molecule has 1 N–H and O–H groups in total. The number of hydrogen-bond donors (Lipinski definition) is 1. The molecule has 2 aliphatic heterocycles. The lowest BCUT2D eigenvalue weighted by atomic mass is 9.95. The van der Waals surface area contributed by atoms with Gasteiger partial charge in [0.2, 0.25) is 5.91 Å². The molecule has 0 unspecified atom stereocenters. The van der Waals surface area contributed by atoms with Gasteiger partial charge in [-0.3, -0.25) is 9.69 Å². The van der Waals surface area contributed by atoms with E-state index in [0.29, 0.717) is 43.1 Å². The Balaban J connectivity index is 1.04. The minimum atomic E-state index is -0.566. The zero-order valence-electron chi connectivity index (χ0n) is 26.5. The quantitative estimate of drug-likeness (QED) is 0.127. The molecular weight excluding hydrogens is 633 g/mol. The first-order chi connectivity index (χ1) is 23.4. The van der Waals surface area contributed by atoms with Gasteiger partial charge < -0.3 is 24.4 Å². The highest BCUT2D eigenvalue weighted by Gasteiger charge is 2.27. The molecular formula is C36H36FN5O5S. The van der Waals surface area contributed by atoms with E-state index in [0.717, 1.165) is 40.9 Å². The predicted molar refractivity (Wildman–Crippen MR) is 182 cm³/mol. The van der Waals surface area contributed by atoms with Gasteiger partial charge in [0.05, 0.1) is 31.0 Å². The van der Waals surface area contributed by atoms with Crippen LogP contribution < -0.4 is 10.1 Å². The van der Waals surface area contributed by atoms with Gasteiger partial charge in [0.1, 0.15) is 35.7 Å². The lowest BCUT2D eigenvalue weighted by Gasteiger charge is -2.27. The predicted octanol–water partition coefficient (Wildman–Crippen LogP) is 5.06. The molecule has 6 rings (SSSR count). The van der Waals surface area contributed by atoms with Crippen LogP contribution in [0.15, 0.2) is 60.5 Å². The molecule has 48 heavy (non-hydrogen) atoms. The molecule has 4 aromatic rings. The number of ether oxygens (including phenoxy) is 3. The number of rotatable bonds is 12. The first kappa shape index (κ1) is 33.1. The molecule has 0 saturated carbocycles. The van der Waals surface area contributed by atoms with E-state index in [1.165, 1.54) is 29.3 Å². The third-order valence-electron chi connectivity index (χ3n) is 8.38. The number of amides is 2. The van der Waals surface area contributed by atoms with Crippen LogP contribution in [0.2, 0.25) is 0 Å². The number of halogens is 1. The second-order valence-corrected chi connectivity index (χ2v) is 12.5. The average Bonchev–Trinajstić information content (AvgIpc) is 3.78. The first-order valence-corrected chi connectivity index (χ1v) is 16.7. The molecule has 0 radical (unpaired) electrons. The van der Waals surface area contributed by atoms with Gasteiger partial charge in [0.15, 0.2) is 0 Å². The summed E-state index contributed by atoms with van der Waals surface area (Å²) in [6.45, 7) is 7.59. The Kier molecular flexibility index (Phi) is 10.6. The number of alkyl carbamates (subject to hydrolysis) is 1. The molecule has 0 bridgehead atoms. The van der Waals surface area contributed by atoms with Crippen LogP contribution in [0.3, 0.4) is 0 Å². The van der Waals surface area contributed by atoms with Crippen molar-refractivity contribution in [2.45, 2.75) is 25.5 Å². The number of aromatic nitrogens is 2. The Hall–Kier alpha value is -4.83. The minimum absolute atomic E-state index is 0.156. The van der Waals surface area contributed by atoms with Gasteiger partial charge in [0.25, 0.3) is 0 Å². The molecule has 248 valence electrons. The zero-order valence-corrected chi connectivity index (χ0v) is 27.3. The van der Waals surface area contributed by atoms with Crippen LogP contribution in [0.25, 0.3) is 32.6 Å². The van der Waals surface area contributed by atoms with E-state index >= 15 is 0 Å². The van der Waals surface area contributed by atoms with Gasteiger partial charge in [-0.05, 0) is 53.3 Å². The van der Waals surface area contributed by atoms with E-state index in [9.17, 15) is 14.0 Å². The number of nitrogens with one attached hydrogen (secondary N) is 1. The maximum atomic E-state index is 14.4. The maximum absolute atomic E-state index is 14.4. The summed E-state index contributed by atoms with van der Waals surface area (Å²) < 4.78 is 32.2. The Morgan fingerprint density at radius 2 is 1.98 bits per heavy atom. The fourth-order valence-electron chi connectivity index (χ4n) is 5.99. The number of carbonyl (C=O) groups is 2. The second-order valence-electron chi connectivity index (χ2n) is 11.5. The molecule has 12 heteroatoms. The van der Waals surface area contributed by atoms with Crippen molar-refractivity contribution in [3.8, 4) is 40.6 Å². The molecule has 1 atom stereocenters. The molecule has 1 saturated heterocycles. The first-order valence-electron chi connectivity index (χ1n) is 15.8. The number of hydrogen-bond acceptors (Lipinski definition) is 9. The highest BCUT2D eigenvalue weighted by molar-refractivity contribution is 7.17. The van der Waals surface area contributed by atoms with E-state index in [4.69, 9.17) is 20.6 Å². The fourth-order valence-corrected chi connectivity index (χ4v) is 6.88. The van der Waals surface area contributed by atoms with Crippen LogP contribution in [0, 0.1) is 18.2 Å². The normalized spacial score (nSPS) is 15.9. The minimum Gasteiger partial charge on any atom is -0.490 e. The Bertz CT molecular complexity index is 1860. The third-order valence-corrected chi connectivity index (χ3v) is 9.30. The van der Waals surface area contributed by atoms with Crippen LogP contribution in [0.5, 0.6) is 5.75 Å². The molecule has 1 fully saturated rings. The summed E-state index contributed by atoms with van der Waals surface area (Å²) in [5.74, 6) is 2.46. The average molecular weight is 670 g/mol. The summed E-state index contributed by atoms with van der Waals surface area (Å²) >= 11 is 1.55. The lowest BCUT2D eigenvalue weighted by molar-refractivity contribution is -0.125. The van der Waals surface area contributed by atoms with Crippen molar-refractivity contribution in [1.29, 1.82) is 0 Å². The molecule has 0 spiro atoms. The summed E-state index contributed by atoms with van der Waals surface area (Å²) in [7, 11) is 0. The van der Waals surface area contributed by atoms with Crippen molar-refractivity contribution in [2.75, 3.05) is 52.5 Å². The summed E-state index contributed by atoms with van der Waals surface area (Å²) in [5.41, 5.74) is 5.62. The van der Waals surface area contributed by atoms with Crippen molar-refractivity contribution >= 4 is 33.4 Å². The van der Waals surface area contributed by atoms with E-state index in [1.807, 2.05) is 11.4 Å². The number of likely N-dealkylation sites (tertiary alicyclic amines) is 1. The third kappa shape index (κ3) is 7.65. The van der Waals surface area contributed by atoms with Crippen molar-refractivity contribution in [2.24, 2.45) is 0 Å². The number of benzene rings is 2. The smallest absolute Gasteiger partial charge is 0.407 e. The van der Waals surface area contributed by atoms with Crippen LogP contribution in [-0.2, 0) is 27.2 Å². The Labute approximate surface area is 282 Å². The monoisotopic (exact) mass is 669 g/mol. The molecule has 4 heterocycles. The van der Waals surface area contributed by atoms with E-state index in [1.54, 1.807) is 22.3 Å². The Morgan fingerprint density at radius 1 is 1.10 bits per heavy atom. The zero-order chi connectivity index (χ0) is 33.5. The van der Waals surface area contributed by atoms with Crippen LogP contribution in [0.4, 0.5) is 9.18 Å². The molecule has 2 aliphatic rings. The van der Waals surface area contributed by atoms with Crippen LogP contribution >= 0.6 is 11.3 Å². The fraction of sp³-hybridized carbons (Fsp3) is 0.333. The number of nitrogens with zero attached hydrogens (tertiary/aromatic N) is 4. The number of thiophene rings is 1. The molecule has 10 nitrogen and oxygen atoms in total. The highest BCUT2D eigenvalue weighted by Crippen LogP contribution is 2.39. The van der Waals surface area contributed by atoms with Crippen molar-refractivity contribution in [3.63, 3.8) is 0 Å². The van der Waals surface area contributed by atoms with Gasteiger partial charge in [-0.1, -0.05) is 24.6 Å². The molecule has 2 amide bonds. The maximum Gasteiger partial charge on any atom is 0.407 e. The van der Waals surface area contributed by atoms with Gasteiger partial charge in [-0.25, -0.2) is 9.18 Å². The number of fused-ring (bicyclic) bond motifs is 2. The van der Waals surface area contributed by atoms with Crippen LogP contribution in [-0.4, -0.2) is 90.6 Å². The number of terminal acetylenes is 1. The van der Waals surface area contributed by atoms with Crippen LogP contribution in [0.1, 0.15) is 17.5 Å². The van der Waals surface area contributed by atoms with Gasteiger partial charge >= 0.3 is 6.09 Å². The standard InChI is InChI=1S/C36H36FN5O5S/c1-3-13-41-14-9-24-20-25(5-6-26(24)22-41)33-30-11-19-48-35(30)34(40-39-33)29-8-7-27(37)21-31(29)46-18-17-45-16-12-38-36(44)47-28-10-15-42(23-28)32(43)4-2/h1,4-8,11,19-21,28H,2,9-10,12-18,22-23H2,(H,38,44)/t28-/m1/s1. The van der Waals surface area contributed by atoms with Gasteiger partial charge in [0, 0.05) is 55.2 Å². The number of carbonyl (C=O) groups excluding carboxylic acids is 2. The van der Waals surface area contributed by atoms with Crippen molar-refractivity contribution in [3.05, 3.63) is 77.4 Å². The summed E-state index contributed by atoms with van der Waals surface area (Å²) in [4.78, 5) is 27.6. The molecule has 0 aliphatic carbocycles. The second kappa shape index (κ2) is 15.4. The van der Waals surface area contributed by atoms with E-state index < -0.39 is 11.9 Å². The Morgan fingerprint density at radius 3 is 2.83 bits per heavy atom. The highest BCUT2D eigenvalue weighted by atomic mass is 32.1. The summed E-state index contributed by atoms with van der Waals surface area (Å²) in [5, 5.41) is 14.9. The SMILES string of the molecule is C#CCN1CCc2cc(-c3nnc(-c4ccc(F)cc4OCCOCCNC(=O)O[C@@H]4CCN(C(=O)C=C)C4)c4sccc34)ccc2C1.